The van der Waals surface area contributed by atoms with Gasteiger partial charge in [-0.1, -0.05) is 0 Å². The van der Waals surface area contributed by atoms with Crippen LogP contribution in [0.5, 0.6) is 0 Å². The first-order valence-electron chi connectivity index (χ1n) is 4.29. The molecule has 0 aliphatic heterocycles. The molecule has 2 heterocycles. The summed E-state index contributed by atoms with van der Waals surface area (Å²) in [6.45, 7) is 2.39. The Morgan fingerprint density at radius 2 is 2.40 bits per heavy atom. The van der Waals surface area contributed by atoms with E-state index in [0.29, 0.717) is 6.54 Å². The Hall–Kier alpha value is -0.760. The first kappa shape index (κ1) is 10.7. The second-order valence-corrected chi connectivity index (χ2v) is 5.24. The highest BCUT2D eigenvalue weighted by molar-refractivity contribution is 14.1. The van der Waals surface area contributed by atoms with Gasteiger partial charge < -0.3 is 0 Å². The molecular formula is C9H8IN3OS. The van der Waals surface area contributed by atoms with Crippen LogP contribution < -0.4 is 5.56 Å². The molecule has 4 nitrogen and oxygen atoms in total. The first-order chi connectivity index (χ1) is 7.15. The van der Waals surface area contributed by atoms with E-state index in [4.69, 9.17) is 0 Å². The summed E-state index contributed by atoms with van der Waals surface area (Å²) < 4.78 is 2.27. The molecule has 6 heteroatoms. The lowest BCUT2D eigenvalue weighted by Gasteiger charge is -2.00. The van der Waals surface area contributed by atoms with E-state index >= 15 is 0 Å². The highest BCUT2D eigenvalue weighted by Gasteiger charge is 2.03. The normalized spacial score (nSPS) is 10.5. The molecule has 2 aromatic heterocycles. The molecule has 0 aromatic carbocycles. The summed E-state index contributed by atoms with van der Waals surface area (Å²) in [6.07, 6.45) is 1.67. The molecule has 0 saturated carbocycles. The van der Waals surface area contributed by atoms with Crippen molar-refractivity contribution in [3.8, 4) is 0 Å². The average Bonchev–Trinajstić information content (AvgIpc) is 2.56. The molecule has 2 rings (SSSR count). The number of aromatic nitrogens is 3. The Morgan fingerprint density at radius 1 is 1.60 bits per heavy atom. The number of rotatable bonds is 2. The van der Waals surface area contributed by atoms with Crippen LogP contribution >= 0.6 is 33.9 Å². The van der Waals surface area contributed by atoms with E-state index < -0.39 is 0 Å². The Morgan fingerprint density at radius 3 is 3.00 bits per heavy atom. The average molecular weight is 333 g/mol. The third-order valence-electron chi connectivity index (χ3n) is 1.79. The van der Waals surface area contributed by atoms with Crippen molar-refractivity contribution in [1.29, 1.82) is 0 Å². The van der Waals surface area contributed by atoms with Crippen LogP contribution in [0.4, 0.5) is 0 Å². The summed E-state index contributed by atoms with van der Waals surface area (Å²) in [6, 6.07) is 1.56. The van der Waals surface area contributed by atoms with E-state index in [9.17, 15) is 4.79 Å². The van der Waals surface area contributed by atoms with E-state index in [-0.39, 0.29) is 5.56 Å². The minimum atomic E-state index is -0.0882. The Kier molecular flexibility index (Phi) is 3.15. The van der Waals surface area contributed by atoms with Gasteiger partial charge in [0.2, 0.25) is 0 Å². The number of nitrogens with zero attached hydrogens (tertiary/aromatic N) is 3. The lowest BCUT2D eigenvalue weighted by molar-refractivity contribution is 0.633. The Bertz CT molecular complexity index is 534. The topological polar surface area (TPSA) is 47.8 Å². The van der Waals surface area contributed by atoms with Gasteiger partial charge in [-0.15, -0.1) is 11.3 Å². The summed E-state index contributed by atoms with van der Waals surface area (Å²) in [7, 11) is 0. The fraction of sp³-hybridized carbons (Fsp3) is 0.222. The number of aryl methyl sites for hydroxylation is 1. The van der Waals surface area contributed by atoms with Crippen molar-refractivity contribution in [2.24, 2.45) is 0 Å². The van der Waals surface area contributed by atoms with Gasteiger partial charge in [0.1, 0.15) is 5.01 Å². The quantitative estimate of drug-likeness (QED) is 0.786. The molecule has 0 N–H and O–H groups in total. The second-order valence-electron chi connectivity index (χ2n) is 3.05. The predicted molar refractivity (Wildman–Crippen MR) is 67.2 cm³/mol. The first-order valence-corrected chi connectivity index (χ1v) is 6.24. The van der Waals surface area contributed by atoms with E-state index in [1.165, 1.54) is 4.68 Å². The van der Waals surface area contributed by atoms with Gasteiger partial charge in [0.25, 0.3) is 5.56 Å². The maximum Gasteiger partial charge on any atom is 0.268 e. The van der Waals surface area contributed by atoms with Crippen LogP contribution in [0.3, 0.4) is 0 Å². The van der Waals surface area contributed by atoms with Crippen LogP contribution in [0.25, 0.3) is 0 Å². The van der Waals surface area contributed by atoms with Crippen molar-refractivity contribution in [2.75, 3.05) is 0 Å². The molecule has 0 unspecified atom stereocenters. The van der Waals surface area contributed by atoms with Crippen LogP contribution in [0.1, 0.15) is 10.7 Å². The summed E-state index contributed by atoms with van der Waals surface area (Å²) in [5.41, 5.74) is 0.892. The zero-order chi connectivity index (χ0) is 10.8. The molecule has 2 aromatic rings. The summed E-state index contributed by atoms with van der Waals surface area (Å²) >= 11 is 3.61. The van der Waals surface area contributed by atoms with Crippen molar-refractivity contribution in [3.63, 3.8) is 0 Å². The minimum absolute atomic E-state index is 0.0882. The van der Waals surface area contributed by atoms with Gasteiger partial charge in [-0.3, -0.25) is 4.79 Å². The summed E-state index contributed by atoms with van der Waals surface area (Å²) in [5.74, 6) is 0. The smallest absolute Gasteiger partial charge is 0.268 e. The molecule has 0 fully saturated rings. The third-order valence-corrected chi connectivity index (χ3v) is 3.33. The maximum absolute atomic E-state index is 11.5. The highest BCUT2D eigenvalue weighted by atomic mass is 127. The fourth-order valence-corrected chi connectivity index (χ4v) is 2.28. The lowest BCUT2D eigenvalue weighted by Crippen LogP contribution is -2.22. The Balaban J connectivity index is 2.28. The van der Waals surface area contributed by atoms with Crippen LogP contribution in [0, 0.1) is 10.5 Å². The molecule has 0 aliphatic rings. The third kappa shape index (κ3) is 2.63. The molecule has 0 amide bonds. The van der Waals surface area contributed by atoms with Gasteiger partial charge in [0.05, 0.1) is 12.7 Å². The number of halogens is 1. The summed E-state index contributed by atoms with van der Waals surface area (Å²) in [5, 5.41) is 6.92. The number of thiazole rings is 1. The van der Waals surface area contributed by atoms with Gasteiger partial charge in [-0.2, -0.15) is 5.10 Å². The molecule has 0 saturated heterocycles. The van der Waals surface area contributed by atoms with Crippen molar-refractivity contribution >= 4 is 33.9 Å². The SMILES string of the molecule is Cc1csc(Cn2ncc(I)cc2=O)n1. The van der Waals surface area contributed by atoms with Gasteiger partial charge >= 0.3 is 0 Å². The molecule has 0 radical (unpaired) electrons. The van der Waals surface area contributed by atoms with Crippen molar-refractivity contribution < 1.29 is 0 Å². The molecule has 0 aliphatic carbocycles. The molecule has 0 spiro atoms. The van der Waals surface area contributed by atoms with Crippen LogP contribution in [0.2, 0.25) is 0 Å². The van der Waals surface area contributed by atoms with E-state index in [2.05, 4.69) is 32.7 Å². The molecular weight excluding hydrogens is 325 g/mol. The largest absolute Gasteiger partial charge is 0.268 e. The second kappa shape index (κ2) is 4.40. The number of hydrogen-bond acceptors (Lipinski definition) is 4. The molecule has 78 valence electrons. The molecule has 15 heavy (non-hydrogen) atoms. The highest BCUT2D eigenvalue weighted by Crippen LogP contribution is 2.09. The summed E-state index contributed by atoms with van der Waals surface area (Å²) in [4.78, 5) is 15.8. The molecule has 0 atom stereocenters. The number of hydrogen-bond donors (Lipinski definition) is 0. The van der Waals surface area contributed by atoms with Crippen molar-refractivity contribution in [2.45, 2.75) is 13.5 Å². The van der Waals surface area contributed by atoms with E-state index in [1.54, 1.807) is 23.6 Å². The minimum Gasteiger partial charge on any atom is -0.268 e. The lowest BCUT2D eigenvalue weighted by atomic mass is 10.5. The van der Waals surface area contributed by atoms with Gasteiger partial charge in [0, 0.05) is 20.7 Å². The predicted octanol–water partition coefficient (Wildman–Crippen LogP) is 1.66. The standard InChI is InChI=1S/C9H8IN3OS/c1-6-5-15-8(12-6)4-13-9(14)2-7(10)3-11-13/h2-3,5H,4H2,1H3. The van der Waals surface area contributed by atoms with Gasteiger partial charge in [-0.05, 0) is 29.5 Å². The van der Waals surface area contributed by atoms with Crippen LogP contribution in [-0.2, 0) is 6.54 Å². The monoisotopic (exact) mass is 333 g/mol. The van der Waals surface area contributed by atoms with Crippen LogP contribution in [-0.4, -0.2) is 14.8 Å². The fourth-order valence-electron chi connectivity index (χ4n) is 1.13. The van der Waals surface area contributed by atoms with Gasteiger partial charge in [-0.25, -0.2) is 9.67 Å². The van der Waals surface area contributed by atoms with Crippen LogP contribution in [0.15, 0.2) is 22.4 Å². The van der Waals surface area contributed by atoms with Crippen molar-refractivity contribution in [1.82, 2.24) is 14.8 Å². The van der Waals surface area contributed by atoms with E-state index in [0.717, 1.165) is 14.3 Å². The zero-order valence-corrected chi connectivity index (χ0v) is 10.9. The maximum atomic E-state index is 11.5. The van der Waals surface area contributed by atoms with Gasteiger partial charge in [0.15, 0.2) is 0 Å². The van der Waals surface area contributed by atoms with E-state index in [1.807, 2.05) is 12.3 Å². The van der Waals surface area contributed by atoms with Crippen molar-refractivity contribution in [3.05, 3.63) is 42.3 Å². The zero-order valence-electron chi connectivity index (χ0n) is 7.98. The Labute approximate surface area is 104 Å². The molecule has 0 bridgehead atoms.